The Bertz CT molecular complexity index is 314. The van der Waals surface area contributed by atoms with Crippen LogP contribution < -0.4 is 5.73 Å². The first-order chi connectivity index (χ1) is 8.19. The van der Waals surface area contributed by atoms with Crippen molar-refractivity contribution in [3.05, 3.63) is 23.7 Å². The van der Waals surface area contributed by atoms with Gasteiger partial charge in [0.15, 0.2) is 0 Å². The van der Waals surface area contributed by atoms with E-state index in [-0.39, 0.29) is 12.6 Å². The molecule has 0 amide bonds. The number of hydrogen-bond donors (Lipinski definition) is 2. The van der Waals surface area contributed by atoms with Crippen molar-refractivity contribution < 1.29 is 14.3 Å². The van der Waals surface area contributed by atoms with Gasteiger partial charge in [-0.25, -0.2) is 0 Å². The van der Waals surface area contributed by atoms with E-state index in [9.17, 15) is 0 Å². The molecule has 0 spiro atoms. The summed E-state index contributed by atoms with van der Waals surface area (Å²) in [5.74, 6) is 1.78. The third-order valence-corrected chi connectivity index (χ3v) is 2.67. The lowest BCUT2D eigenvalue weighted by Crippen LogP contribution is -2.33. The number of rotatable bonds is 8. The van der Waals surface area contributed by atoms with Crippen molar-refractivity contribution in [1.82, 2.24) is 4.90 Å². The van der Waals surface area contributed by atoms with E-state index >= 15 is 0 Å². The molecular formula is C12H22N2O3. The fourth-order valence-corrected chi connectivity index (χ4v) is 1.68. The maximum atomic E-state index is 8.59. The van der Waals surface area contributed by atoms with Gasteiger partial charge in [0, 0.05) is 13.1 Å². The maximum absolute atomic E-state index is 8.59. The minimum atomic E-state index is 0.0570. The van der Waals surface area contributed by atoms with Gasteiger partial charge in [-0.15, -0.1) is 0 Å². The van der Waals surface area contributed by atoms with Crippen LogP contribution in [0, 0.1) is 6.92 Å². The number of aliphatic hydroxyl groups excluding tert-OH is 1. The predicted molar refractivity (Wildman–Crippen MR) is 65.8 cm³/mol. The number of ether oxygens (including phenoxy) is 1. The zero-order chi connectivity index (χ0) is 12.7. The van der Waals surface area contributed by atoms with Crippen LogP contribution in [-0.2, 0) is 4.74 Å². The van der Waals surface area contributed by atoms with Crippen LogP contribution in [0.3, 0.4) is 0 Å². The number of nitrogens with two attached hydrogens (primary N) is 1. The van der Waals surface area contributed by atoms with Crippen LogP contribution in [0.25, 0.3) is 0 Å². The molecule has 5 nitrogen and oxygen atoms in total. The summed E-state index contributed by atoms with van der Waals surface area (Å²) in [7, 11) is 1.98. The fourth-order valence-electron chi connectivity index (χ4n) is 1.68. The van der Waals surface area contributed by atoms with Crippen molar-refractivity contribution in [3.8, 4) is 0 Å². The lowest BCUT2D eigenvalue weighted by molar-refractivity contribution is 0.0686. The Balaban J connectivity index is 2.44. The van der Waals surface area contributed by atoms with E-state index in [1.54, 1.807) is 0 Å². The van der Waals surface area contributed by atoms with Crippen molar-refractivity contribution >= 4 is 0 Å². The molecule has 1 atom stereocenters. The Morgan fingerprint density at radius 3 is 2.76 bits per heavy atom. The van der Waals surface area contributed by atoms with Crippen molar-refractivity contribution in [1.29, 1.82) is 0 Å². The zero-order valence-corrected chi connectivity index (χ0v) is 10.6. The second-order valence-electron chi connectivity index (χ2n) is 4.02. The molecule has 1 heterocycles. The number of hydrogen-bond acceptors (Lipinski definition) is 5. The van der Waals surface area contributed by atoms with Crippen LogP contribution in [0.1, 0.15) is 17.6 Å². The van der Waals surface area contributed by atoms with Crippen molar-refractivity contribution in [3.63, 3.8) is 0 Å². The molecule has 1 aromatic heterocycles. The van der Waals surface area contributed by atoms with E-state index in [1.807, 2.05) is 26.1 Å². The van der Waals surface area contributed by atoms with Crippen LogP contribution in [0.2, 0.25) is 0 Å². The van der Waals surface area contributed by atoms with Gasteiger partial charge >= 0.3 is 0 Å². The van der Waals surface area contributed by atoms with E-state index in [0.29, 0.717) is 19.8 Å². The van der Waals surface area contributed by atoms with E-state index in [2.05, 4.69) is 4.90 Å². The number of furan rings is 1. The van der Waals surface area contributed by atoms with Gasteiger partial charge in [0.2, 0.25) is 0 Å². The van der Waals surface area contributed by atoms with E-state index in [1.165, 1.54) is 0 Å². The molecule has 0 fully saturated rings. The first kappa shape index (κ1) is 14.2. The molecule has 17 heavy (non-hydrogen) atoms. The topological polar surface area (TPSA) is 71.9 Å². The zero-order valence-electron chi connectivity index (χ0n) is 10.6. The van der Waals surface area contributed by atoms with Gasteiger partial charge in [-0.3, -0.25) is 4.90 Å². The number of likely N-dealkylation sites (N-methyl/N-ethyl adjacent to an activating group) is 1. The molecule has 0 aliphatic carbocycles. The van der Waals surface area contributed by atoms with E-state index < -0.39 is 0 Å². The average molecular weight is 242 g/mol. The summed E-state index contributed by atoms with van der Waals surface area (Å²) in [6.07, 6.45) is 0. The van der Waals surface area contributed by atoms with Crippen LogP contribution in [0.15, 0.2) is 16.5 Å². The summed E-state index contributed by atoms with van der Waals surface area (Å²) in [4.78, 5) is 2.09. The van der Waals surface area contributed by atoms with E-state index in [4.69, 9.17) is 20.0 Å². The highest BCUT2D eigenvalue weighted by Gasteiger charge is 2.18. The third kappa shape index (κ3) is 4.47. The van der Waals surface area contributed by atoms with Crippen molar-refractivity contribution in [2.45, 2.75) is 13.0 Å². The first-order valence-electron chi connectivity index (χ1n) is 5.84. The Hall–Kier alpha value is -0.880. The smallest absolute Gasteiger partial charge is 0.122 e. The highest BCUT2D eigenvalue weighted by Crippen LogP contribution is 2.20. The Kier molecular flexibility index (Phi) is 6.21. The van der Waals surface area contributed by atoms with Crippen LogP contribution >= 0.6 is 0 Å². The highest BCUT2D eigenvalue weighted by atomic mass is 16.5. The molecule has 3 N–H and O–H groups in total. The van der Waals surface area contributed by atoms with Crippen LogP contribution in [0.5, 0.6) is 0 Å². The van der Waals surface area contributed by atoms with Gasteiger partial charge in [-0.1, -0.05) is 0 Å². The average Bonchev–Trinajstić information content (AvgIpc) is 2.72. The molecule has 0 aromatic carbocycles. The monoisotopic (exact) mass is 242 g/mol. The van der Waals surface area contributed by atoms with Crippen LogP contribution in [0.4, 0.5) is 0 Å². The summed E-state index contributed by atoms with van der Waals surface area (Å²) in [6.45, 7) is 4.18. The maximum Gasteiger partial charge on any atom is 0.122 e. The lowest BCUT2D eigenvalue weighted by atomic mass is 10.2. The Labute approximate surface area is 102 Å². The molecular weight excluding hydrogens is 220 g/mol. The number of nitrogens with zero attached hydrogens (tertiary/aromatic N) is 1. The van der Waals surface area contributed by atoms with Crippen molar-refractivity contribution in [2.24, 2.45) is 5.73 Å². The molecule has 0 saturated heterocycles. The minimum Gasteiger partial charge on any atom is -0.465 e. The molecule has 98 valence electrons. The summed E-state index contributed by atoms with van der Waals surface area (Å²) in [6, 6.07) is 3.97. The minimum absolute atomic E-state index is 0.0570. The summed E-state index contributed by atoms with van der Waals surface area (Å²) >= 11 is 0. The summed E-state index contributed by atoms with van der Waals surface area (Å²) in [5.41, 5.74) is 5.76. The van der Waals surface area contributed by atoms with Crippen molar-refractivity contribution in [2.75, 3.05) is 40.0 Å². The van der Waals surface area contributed by atoms with Crippen LogP contribution in [-0.4, -0.2) is 50.0 Å². The normalized spacial score (nSPS) is 13.2. The molecule has 0 aliphatic rings. The van der Waals surface area contributed by atoms with E-state index in [0.717, 1.165) is 18.1 Å². The first-order valence-corrected chi connectivity index (χ1v) is 5.84. The molecule has 1 aromatic rings. The summed E-state index contributed by atoms with van der Waals surface area (Å²) < 4.78 is 10.8. The van der Waals surface area contributed by atoms with Gasteiger partial charge in [0.05, 0.1) is 25.9 Å². The van der Waals surface area contributed by atoms with Gasteiger partial charge in [0.1, 0.15) is 11.5 Å². The second kappa shape index (κ2) is 7.45. The summed E-state index contributed by atoms with van der Waals surface area (Å²) in [5, 5.41) is 8.59. The van der Waals surface area contributed by atoms with Gasteiger partial charge < -0.3 is 20.0 Å². The van der Waals surface area contributed by atoms with Gasteiger partial charge in [0.25, 0.3) is 0 Å². The molecule has 0 aliphatic heterocycles. The fraction of sp³-hybridized carbons (Fsp3) is 0.667. The molecule has 0 bridgehead atoms. The molecule has 1 unspecified atom stereocenters. The standard InChI is InChI=1S/C12H22N2O3/c1-10-3-4-12(17-10)11(9-13)14(2)5-7-16-8-6-15/h3-4,11,15H,5-9,13H2,1-2H3. The predicted octanol–water partition coefficient (Wildman–Crippen LogP) is 0.529. The number of aliphatic hydroxyl groups is 1. The SMILES string of the molecule is Cc1ccc(C(CN)N(C)CCOCCO)o1. The second-order valence-corrected chi connectivity index (χ2v) is 4.02. The van der Waals surface area contributed by atoms with Gasteiger partial charge in [-0.2, -0.15) is 0 Å². The molecule has 5 heteroatoms. The largest absolute Gasteiger partial charge is 0.465 e. The van der Waals surface area contributed by atoms with Gasteiger partial charge in [-0.05, 0) is 26.1 Å². The Morgan fingerprint density at radius 2 is 2.24 bits per heavy atom. The quantitative estimate of drug-likeness (QED) is 0.651. The highest BCUT2D eigenvalue weighted by molar-refractivity contribution is 5.10. The molecule has 0 radical (unpaired) electrons. The lowest BCUT2D eigenvalue weighted by Gasteiger charge is -2.25. The molecule has 1 rings (SSSR count). The molecule has 0 saturated carbocycles. The third-order valence-electron chi connectivity index (χ3n) is 2.67. The Morgan fingerprint density at radius 1 is 1.47 bits per heavy atom. The number of aryl methyl sites for hydroxylation is 1.